The molecule has 4 aromatic rings. The van der Waals surface area contributed by atoms with E-state index < -0.39 is 9.84 Å². The van der Waals surface area contributed by atoms with Gasteiger partial charge in [-0.3, -0.25) is 14.5 Å². The van der Waals surface area contributed by atoms with Crippen molar-refractivity contribution in [2.75, 3.05) is 32.7 Å². The summed E-state index contributed by atoms with van der Waals surface area (Å²) in [5.41, 5.74) is 3.36. The molecule has 1 fully saturated rings. The molecule has 0 atom stereocenters. The molecule has 0 saturated carbocycles. The Hall–Kier alpha value is -3.80. The highest BCUT2D eigenvalue weighted by atomic mass is 32.2. The number of carbonyl (C=O) groups is 1. The zero-order chi connectivity index (χ0) is 26.3. The third-order valence-electron chi connectivity index (χ3n) is 6.82. The molecule has 1 saturated heterocycles. The standard InChI is InChI=1S/C27H26N4O6S/c1-35-27-24(13-31(30-27)23-15-37-16-23)17-2-4-19-11-28-22(9-21(19)8-17)12-29-26(32)18-3-5-20-14-36-6-7-38(33,34)25(20)10-18/h2-5,8-11,13,23H,6-7,12,14-16H2,1H3,(H,29,32). The van der Waals surface area contributed by atoms with Crippen LogP contribution >= 0.6 is 0 Å². The number of hydrogen-bond donors (Lipinski definition) is 1. The third kappa shape index (κ3) is 4.64. The topological polar surface area (TPSA) is 122 Å². The van der Waals surface area contributed by atoms with Crippen molar-refractivity contribution in [1.29, 1.82) is 0 Å². The second-order valence-electron chi connectivity index (χ2n) is 9.34. The van der Waals surface area contributed by atoms with Crippen LogP contribution in [0.5, 0.6) is 5.88 Å². The summed E-state index contributed by atoms with van der Waals surface area (Å²) >= 11 is 0. The first-order valence-electron chi connectivity index (χ1n) is 12.2. The van der Waals surface area contributed by atoms with Crippen molar-refractivity contribution in [3.05, 3.63) is 71.7 Å². The predicted octanol–water partition coefficient (Wildman–Crippen LogP) is 2.91. The van der Waals surface area contributed by atoms with E-state index in [9.17, 15) is 13.2 Å². The lowest BCUT2D eigenvalue weighted by molar-refractivity contribution is -0.0289. The molecule has 2 aromatic carbocycles. The Morgan fingerprint density at radius 3 is 2.79 bits per heavy atom. The summed E-state index contributed by atoms with van der Waals surface area (Å²) in [5.74, 6) is 0.0727. The summed E-state index contributed by atoms with van der Waals surface area (Å²) in [5, 5.41) is 9.32. The quantitative estimate of drug-likeness (QED) is 0.401. The molecular formula is C27H26N4O6S. The van der Waals surface area contributed by atoms with Crippen LogP contribution in [-0.2, 0) is 32.5 Å². The van der Waals surface area contributed by atoms with Gasteiger partial charge in [0.15, 0.2) is 9.84 Å². The average Bonchev–Trinajstić information content (AvgIpc) is 3.25. The maximum Gasteiger partial charge on any atom is 0.251 e. The Bertz CT molecular complexity index is 1640. The molecule has 0 radical (unpaired) electrons. The van der Waals surface area contributed by atoms with E-state index in [0.717, 1.165) is 21.9 Å². The fraction of sp³-hybridized carbons (Fsp3) is 0.296. The first kappa shape index (κ1) is 24.5. The average molecular weight is 535 g/mol. The Balaban J connectivity index is 1.22. The van der Waals surface area contributed by atoms with Crippen molar-refractivity contribution in [2.24, 2.45) is 0 Å². The Kier molecular flexibility index (Phi) is 6.34. The molecule has 0 unspecified atom stereocenters. The lowest BCUT2D eigenvalue weighted by atomic mass is 10.0. The van der Waals surface area contributed by atoms with Crippen molar-refractivity contribution in [2.45, 2.75) is 24.1 Å². The summed E-state index contributed by atoms with van der Waals surface area (Å²) in [6, 6.07) is 12.9. The van der Waals surface area contributed by atoms with E-state index in [4.69, 9.17) is 14.2 Å². The minimum absolute atomic E-state index is 0.101. The second-order valence-corrected chi connectivity index (χ2v) is 11.4. The van der Waals surface area contributed by atoms with Crippen LogP contribution in [0.2, 0.25) is 0 Å². The van der Waals surface area contributed by atoms with Crippen LogP contribution in [-0.4, -0.2) is 61.8 Å². The van der Waals surface area contributed by atoms with Crippen LogP contribution in [0.25, 0.3) is 21.9 Å². The summed E-state index contributed by atoms with van der Waals surface area (Å²) in [4.78, 5) is 17.5. The van der Waals surface area contributed by atoms with Crippen LogP contribution in [0.4, 0.5) is 0 Å². The van der Waals surface area contributed by atoms with Gasteiger partial charge in [-0.05, 0) is 40.8 Å². The molecule has 38 heavy (non-hydrogen) atoms. The summed E-state index contributed by atoms with van der Waals surface area (Å²) in [7, 11) is -1.89. The number of rotatable bonds is 6. The van der Waals surface area contributed by atoms with E-state index in [2.05, 4.69) is 15.4 Å². The van der Waals surface area contributed by atoms with Crippen LogP contribution < -0.4 is 10.1 Å². The highest BCUT2D eigenvalue weighted by Gasteiger charge is 2.25. The second kappa shape index (κ2) is 9.82. The van der Waals surface area contributed by atoms with Gasteiger partial charge in [-0.15, -0.1) is 5.10 Å². The highest BCUT2D eigenvalue weighted by Crippen LogP contribution is 2.33. The SMILES string of the molecule is COc1nn(C2COC2)cc1-c1ccc2cnc(CNC(=O)c3ccc4c(c3)S(=O)(=O)CCOC4)cc2c1. The summed E-state index contributed by atoms with van der Waals surface area (Å²) < 4.78 is 43.2. The zero-order valence-corrected chi connectivity index (χ0v) is 21.5. The van der Waals surface area contributed by atoms with Gasteiger partial charge in [-0.25, -0.2) is 8.42 Å². The van der Waals surface area contributed by atoms with Crippen molar-refractivity contribution in [3.8, 4) is 17.0 Å². The molecule has 2 aromatic heterocycles. The molecular weight excluding hydrogens is 508 g/mol. The van der Waals surface area contributed by atoms with E-state index in [1.54, 1.807) is 25.4 Å². The molecule has 11 heteroatoms. The van der Waals surface area contributed by atoms with Gasteiger partial charge < -0.3 is 19.5 Å². The van der Waals surface area contributed by atoms with Crippen LogP contribution in [0.15, 0.2) is 59.8 Å². The molecule has 4 heterocycles. The highest BCUT2D eigenvalue weighted by molar-refractivity contribution is 7.91. The van der Waals surface area contributed by atoms with Crippen LogP contribution in [0.3, 0.4) is 0 Å². The number of methoxy groups -OCH3 is 1. The number of nitrogens with one attached hydrogen (secondary N) is 1. The van der Waals surface area contributed by atoms with Crippen LogP contribution in [0.1, 0.15) is 27.7 Å². The van der Waals surface area contributed by atoms with Gasteiger partial charge in [-0.1, -0.05) is 18.2 Å². The summed E-state index contributed by atoms with van der Waals surface area (Å²) in [6.07, 6.45) is 3.74. The largest absolute Gasteiger partial charge is 0.479 e. The van der Waals surface area contributed by atoms with Gasteiger partial charge in [-0.2, -0.15) is 0 Å². The molecule has 10 nitrogen and oxygen atoms in total. The number of nitrogens with zero attached hydrogens (tertiary/aromatic N) is 3. The van der Waals surface area contributed by atoms with E-state index in [1.807, 2.05) is 35.1 Å². The number of fused-ring (bicyclic) bond motifs is 2. The number of carbonyl (C=O) groups excluding carboxylic acids is 1. The number of benzene rings is 2. The fourth-order valence-electron chi connectivity index (χ4n) is 4.58. The minimum atomic E-state index is -3.50. The van der Waals surface area contributed by atoms with Crippen molar-refractivity contribution < 1.29 is 27.4 Å². The van der Waals surface area contributed by atoms with E-state index >= 15 is 0 Å². The number of sulfone groups is 1. The molecule has 0 spiro atoms. The number of aromatic nitrogens is 3. The van der Waals surface area contributed by atoms with Gasteiger partial charge in [0, 0.05) is 23.3 Å². The first-order valence-corrected chi connectivity index (χ1v) is 13.9. The maximum atomic E-state index is 12.9. The fourth-order valence-corrected chi connectivity index (χ4v) is 5.97. The monoisotopic (exact) mass is 534 g/mol. The maximum absolute atomic E-state index is 12.9. The Morgan fingerprint density at radius 1 is 1.13 bits per heavy atom. The minimum Gasteiger partial charge on any atom is -0.479 e. The summed E-state index contributed by atoms with van der Waals surface area (Å²) in [6.45, 7) is 1.81. The van der Waals surface area contributed by atoms with E-state index in [-0.39, 0.29) is 47.9 Å². The molecule has 1 N–H and O–H groups in total. The van der Waals surface area contributed by atoms with E-state index in [1.165, 1.54) is 6.07 Å². The van der Waals surface area contributed by atoms with E-state index in [0.29, 0.717) is 30.4 Å². The predicted molar refractivity (Wildman–Crippen MR) is 139 cm³/mol. The number of amides is 1. The normalized spacial score (nSPS) is 16.9. The molecule has 2 aliphatic heterocycles. The van der Waals surface area contributed by atoms with Gasteiger partial charge in [0.2, 0.25) is 5.88 Å². The molecule has 0 bridgehead atoms. The van der Waals surface area contributed by atoms with Gasteiger partial charge in [0.1, 0.15) is 0 Å². The first-order chi connectivity index (χ1) is 18.4. The number of hydrogen-bond acceptors (Lipinski definition) is 8. The molecule has 6 rings (SSSR count). The number of pyridine rings is 1. The van der Waals surface area contributed by atoms with Gasteiger partial charge in [0.25, 0.3) is 5.91 Å². The zero-order valence-electron chi connectivity index (χ0n) is 20.7. The molecule has 0 aliphatic carbocycles. The lowest BCUT2D eigenvalue weighted by Crippen LogP contribution is -2.30. The molecule has 2 aliphatic rings. The van der Waals surface area contributed by atoms with Crippen molar-refractivity contribution >= 4 is 26.5 Å². The Morgan fingerprint density at radius 2 is 2.00 bits per heavy atom. The molecule has 196 valence electrons. The van der Waals surface area contributed by atoms with Crippen molar-refractivity contribution in [1.82, 2.24) is 20.1 Å². The van der Waals surface area contributed by atoms with Gasteiger partial charge >= 0.3 is 0 Å². The smallest absolute Gasteiger partial charge is 0.251 e. The Labute approximate surface area is 219 Å². The van der Waals surface area contributed by atoms with Gasteiger partial charge in [0.05, 0.1) is 68.0 Å². The van der Waals surface area contributed by atoms with Crippen LogP contribution in [0, 0.1) is 0 Å². The molecule has 1 amide bonds. The lowest BCUT2D eigenvalue weighted by Gasteiger charge is -2.25. The number of ether oxygens (including phenoxy) is 3. The van der Waals surface area contributed by atoms with Crippen molar-refractivity contribution in [3.63, 3.8) is 0 Å². The third-order valence-corrected chi connectivity index (χ3v) is 8.58.